The second-order valence-corrected chi connectivity index (χ2v) is 5.56. The number of hydrogen-bond donors (Lipinski definition) is 1. The van der Waals surface area contributed by atoms with Crippen molar-refractivity contribution in [3.8, 4) is 0 Å². The molecule has 1 saturated heterocycles. The smallest absolute Gasteiger partial charge is 0.141 e. The van der Waals surface area contributed by atoms with Crippen LogP contribution in [-0.2, 0) is 4.79 Å². The minimum Gasteiger partial charge on any atom is -0.392 e. The highest BCUT2D eigenvalue weighted by molar-refractivity contribution is 6.30. The highest BCUT2D eigenvalue weighted by Crippen LogP contribution is 2.23. The van der Waals surface area contributed by atoms with E-state index in [-0.39, 0.29) is 17.8 Å². The SMILES string of the molecule is CCC(=O)C(CN1CC[C@H](O)C1)c1ccc(Cl)cc1. The van der Waals surface area contributed by atoms with Crippen LogP contribution in [0.25, 0.3) is 0 Å². The maximum Gasteiger partial charge on any atom is 0.141 e. The predicted molar refractivity (Wildman–Crippen MR) is 76.6 cm³/mol. The van der Waals surface area contributed by atoms with Gasteiger partial charge in [0.25, 0.3) is 0 Å². The van der Waals surface area contributed by atoms with Crippen LogP contribution in [0.4, 0.5) is 0 Å². The van der Waals surface area contributed by atoms with E-state index in [1.807, 2.05) is 31.2 Å². The fourth-order valence-corrected chi connectivity index (χ4v) is 2.70. The third-order valence-electron chi connectivity index (χ3n) is 3.70. The molecule has 1 aliphatic heterocycles. The van der Waals surface area contributed by atoms with E-state index in [4.69, 9.17) is 11.6 Å². The number of β-amino-alcohol motifs (C(OH)–C–C–N with tert-alkyl or cyclic N) is 1. The zero-order valence-corrected chi connectivity index (χ0v) is 11.9. The third kappa shape index (κ3) is 3.78. The number of rotatable bonds is 5. The Hall–Kier alpha value is -0.900. The Kier molecular flexibility index (Phi) is 4.97. The minimum absolute atomic E-state index is 0.118. The van der Waals surface area contributed by atoms with Crippen molar-refractivity contribution in [1.82, 2.24) is 4.90 Å². The van der Waals surface area contributed by atoms with Crippen LogP contribution in [0.1, 0.15) is 31.2 Å². The van der Waals surface area contributed by atoms with E-state index in [1.165, 1.54) is 0 Å². The summed E-state index contributed by atoms with van der Waals surface area (Å²) in [7, 11) is 0. The van der Waals surface area contributed by atoms with Crippen molar-refractivity contribution in [2.75, 3.05) is 19.6 Å². The number of aliphatic hydroxyl groups is 1. The lowest BCUT2D eigenvalue weighted by Gasteiger charge is -2.22. The number of halogens is 1. The molecular formula is C15H20ClNO2. The minimum atomic E-state index is -0.248. The molecule has 4 heteroatoms. The molecule has 0 spiro atoms. The number of nitrogens with zero attached hydrogens (tertiary/aromatic N) is 1. The fraction of sp³-hybridized carbons (Fsp3) is 0.533. The largest absolute Gasteiger partial charge is 0.392 e. The van der Waals surface area contributed by atoms with Crippen LogP contribution in [0.2, 0.25) is 5.02 Å². The van der Waals surface area contributed by atoms with Crippen LogP contribution in [0.3, 0.4) is 0 Å². The first-order chi connectivity index (χ1) is 9.10. The van der Waals surface area contributed by atoms with Gasteiger partial charge in [0.2, 0.25) is 0 Å². The van der Waals surface area contributed by atoms with Gasteiger partial charge >= 0.3 is 0 Å². The fourth-order valence-electron chi connectivity index (χ4n) is 2.57. The summed E-state index contributed by atoms with van der Waals surface area (Å²) >= 11 is 5.89. The zero-order chi connectivity index (χ0) is 13.8. The van der Waals surface area contributed by atoms with Crippen LogP contribution in [0.15, 0.2) is 24.3 Å². The summed E-state index contributed by atoms with van der Waals surface area (Å²) in [6, 6.07) is 7.50. The lowest BCUT2D eigenvalue weighted by molar-refractivity contribution is -0.120. The molecule has 1 unspecified atom stereocenters. The van der Waals surface area contributed by atoms with Crippen LogP contribution in [0, 0.1) is 0 Å². The number of carbonyl (C=O) groups excluding carboxylic acids is 1. The Bertz CT molecular complexity index is 432. The normalized spacial score (nSPS) is 21.5. The summed E-state index contributed by atoms with van der Waals surface area (Å²) in [4.78, 5) is 14.3. The molecule has 3 nitrogen and oxygen atoms in total. The highest BCUT2D eigenvalue weighted by Gasteiger charge is 2.26. The number of hydrogen-bond acceptors (Lipinski definition) is 3. The first kappa shape index (κ1) is 14.5. The first-order valence-electron chi connectivity index (χ1n) is 6.78. The number of benzene rings is 1. The Balaban J connectivity index is 2.11. The van der Waals surface area contributed by atoms with E-state index in [1.54, 1.807) is 0 Å². The van der Waals surface area contributed by atoms with Crippen molar-refractivity contribution >= 4 is 17.4 Å². The lowest BCUT2D eigenvalue weighted by atomic mass is 9.93. The van der Waals surface area contributed by atoms with E-state index < -0.39 is 0 Å². The molecule has 0 radical (unpaired) electrons. The average molecular weight is 282 g/mol. The van der Waals surface area contributed by atoms with Crippen molar-refractivity contribution in [2.45, 2.75) is 31.8 Å². The molecule has 1 aromatic carbocycles. The molecule has 0 aliphatic carbocycles. The molecular weight excluding hydrogens is 262 g/mol. The van der Waals surface area contributed by atoms with E-state index in [2.05, 4.69) is 4.90 Å². The summed E-state index contributed by atoms with van der Waals surface area (Å²) in [5.74, 6) is 0.122. The number of ketones is 1. The Labute approximate surface area is 119 Å². The average Bonchev–Trinajstić information content (AvgIpc) is 2.82. The predicted octanol–water partition coefficient (Wildman–Crippen LogP) is 2.47. The molecule has 2 rings (SSSR count). The van der Waals surface area contributed by atoms with Gasteiger partial charge in [-0.15, -0.1) is 0 Å². The quantitative estimate of drug-likeness (QED) is 0.901. The lowest BCUT2D eigenvalue weighted by Crippen LogP contribution is -2.31. The van der Waals surface area contributed by atoms with Crippen molar-refractivity contribution in [1.29, 1.82) is 0 Å². The number of carbonyl (C=O) groups is 1. The summed E-state index contributed by atoms with van der Waals surface area (Å²) in [5.41, 5.74) is 1.01. The highest BCUT2D eigenvalue weighted by atomic mass is 35.5. The van der Waals surface area contributed by atoms with Gasteiger partial charge in [-0.2, -0.15) is 0 Å². The van der Waals surface area contributed by atoms with E-state index in [0.717, 1.165) is 18.5 Å². The molecule has 104 valence electrons. The summed E-state index contributed by atoms with van der Waals surface area (Å²) < 4.78 is 0. The molecule has 1 aliphatic rings. The van der Waals surface area contributed by atoms with Gasteiger partial charge in [0.15, 0.2) is 0 Å². The van der Waals surface area contributed by atoms with Gasteiger partial charge in [0, 0.05) is 31.1 Å². The van der Waals surface area contributed by atoms with Gasteiger partial charge in [0.1, 0.15) is 5.78 Å². The topological polar surface area (TPSA) is 40.5 Å². The van der Waals surface area contributed by atoms with Gasteiger partial charge in [-0.05, 0) is 24.1 Å². The van der Waals surface area contributed by atoms with Gasteiger partial charge in [-0.1, -0.05) is 30.7 Å². The molecule has 1 heterocycles. The van der Waals surface area contributed by atoms with Crippen molar-refractivity contribution in [3.63, 3.8) is 0 Å². The van der Waals surface area contributed by atoms with Crippen molar-refractivity contribution in [2.24, 2.45) is 0 Å². The Morgan fingerprint density at radius 3 is 2.68 bits per heavy atom. The molecule has 19 heavy (non-hydrogen) atoms. The molecule has 0 bridgehead atoms. The van der Waals surface area contributed by atoms with E-state index >= 15 is 0 Å². The Morgan fingerprint density at radius 1 is 1.47 bits per heavy atom. The molecule has 0 aromatic heterocycles. The Morgan fingerprint density at radius 2 is 2.16 bits per heavy atom. The van der Waals surface area contributed by atoms with E-state index in [0.29, 0.717) is 24.5 Å². The van der Waals surface area contributed by atoms with Crippen LogP contribution in [0.5, 0.6) is 0 Å². The van der Waals surface area contributed by atoms with Gasteiger partial charge in [-0.25, -0.2) is 0 Å². The third-order valence-corrected chi connectivity index (χ3v) is 3.95. The molecule has 1 fully saturated rings. The maximum atomic E-state index is 12.1. The maximum absolute atomic E-state index is 12.1. The monoisotopic (exact) mass is 281 g/mol. The summed E-state index contributed by atoms with van der Waals surface area (Å²) in [5, 5.41) is 10.3. The van der Waals surface area contributed by atoms with Crippen LogP contribution < -0.4 is 0 Å². The first-order valence-corrected chi connectivity index (χ1v) is 7.16. The second kappa shape index (κ2) is 6.51. The summed E-state index contributed by atoms with van der Waals surface area (Å²) in [6.07, 6.45) is 1.08. The van der Waals surface area contributed by atoms with Crippen LogP contribution >= 0.6 is 11.6 Å². The van der Waals surface area contributed by atoms with Crippen molar-refractivity contribution in [3.05, 3.63) is 34.9 Å². The molecule has 1 N–H and O–H groups in total. The molecule has 2 atom stereocenters. The van der Waals surface area contributed by atoms with Crippen molar-refractivity contribution < 1.29 is 9.90 Å². The molecule has 0 amide bonds. The van der Waals surface area contributed by atoms with Gasteiger partial charge < -0.3 is 5.11 Å². The molecule has 0 saturated carbocycles. The zero-order valence-electron chi connectivity index (χ0n) is 11.2. The number of aliphatic hydroxyl groups excluding tert-OH is 1. The standard InChI is InChI=1S/C15H20ClNO2/c1-2-15(19)14(10-17-8-7-13(18)9-17)11-3-5-12(16)6-4-11/h3-6,13-14,18H,2,7-10H2,1H3/t13-,14?/m0/s1. The van der Waals surface area contributed by atoms with Crippen LogP contribution in [-0.4, -0.2) is 41.5 Å². The second-order valence-electron chi connectivity index (χ2n) is 5.13. The molecule has 1 aromatic rings. The van der Waals surface area contributed by atoms with Gasteiger partial charge in [-0.3, -0.25) is 9.69 Å². The number of likely N-dealkylation sites (tertiary alicyclic amines) is 1. The van der Waals surface area contributed by atoms with Gasteiger partial charge in [0.05, 0.1) is 12.0 Å². The number of Topliss-reactive ketones (excluding diaryl/α,β-unsaturated/α-hetero) is 1. The van der Waals surface area contributed by atoms with E-state index in [9.17, 15) is 9.90 Å². The summed E-state index contributed by atoms with van der Waals surface area (Å²) in [6.45, 7) is 4.11.